The summed E-state index contributed by atoms with van der Waals surface area (Å²) in [5.74, 6) is 3.08. The van der Waals surface area contributed by atoms with Crippen molar-refractivity contribution in [3.8, 4) is 0 Å². The minimum Gasteiger partial charge on any atom is -0.434 e. The second-order valence-corrected chi connectivity index (χ2v) is 5.27. The van der Waals surface area contributed by atoms with Crippen molar-refractivity contribution in [2.75, 3.05) is 7.11 Å². The normalized spacial score (nSPS) is 25.2. The van der Waals surface area contributed by atoms with Gasteiger partial charge in [-0.2, -0.15) is 0 Å². The molecule has 1 aliphatic carbocycles. The van der Waals surface area contributed by atoms with Crippen molar-refractivity contribution in [3.05, 3.63) is 35.9 Å². The first kappa shape index (κ1) is 12.7. The molecule has 0 fully saturated rings. The largest absolute Gasteiger partial charge is 0.434 e. The molecule has 2 rings (SSSR count). The number of hydrogen-bond acceptors (Lipinski definition) is 1. The summed E-state index contributed by atoms with van der Waals surface area (Å²) >= 11 is 0. The van der Waals surface area contributed by atoms with Gasteiger partial charge < -0.3 is 4.65 Å². The monoisotopic (exact) mass is 230 g/mol. The maximum atomic E-state index is 5.55. The highest BCUT2D eigenvalue weighted by molar-refractivity contribution is 6.58. The fourth-order valence-corrected chi connectivity index (χ4v) is 3.03. The van der Waals surface area contributed by atoms with Crippen LogP contribution in [-0.2, 0) is 4.65 Å². The molecule has 2 aliphatic rings. The zero-order valence-corrected chi connectivity index (χ0v) is 11.0. The zero-order chi connectivity index (χ0) is 12.1. The first-order valence-electron chi connectivity index (χ1n) is 6.87. The molecule has 0 radical (unpaired) electrons. The molecule has 1 atom stereocenters. The van der Waals surface area contributed by atoms with Gasteiger partial charge in [0.2, 0.25) is 0 Å². The van der Waals surface area contributed by atoms with Crippen molar-refractivity contribution in [1.29, 1.82) is 0 Å². The molecule has 0 aromatic carbocycles. The Balaban J connectivity index is 2.10. The van der Waals surface area contributed by atoms with Crippen molar-refractivity contribution < 1.29 is 4.65 Å². The molecule has 0 saturated carbocycles. The minimum absolute atomic E-state index is 0.312. The Morgan fingerprint density at radius 2 is 2.35 bits per heavy atom. The van der Waals surface area contributed by atoms with Crippen LogP contribution in [0, 0.1) is 5.92 Å². The molecule has 0 N–H and O–H groups in total. The van der Waals surface area contributed by atoms with E-state index < -0.39 is 0 Å². The maximum absolute atomic E-state index is 5.55. The Hall–Kier alpha value is -0.755. The molecule has 1 unspecified atom stereocenters. The van der Waals surface area contributed by atoms with Crippen molar-refractivity contribution in [2.24, 2.45) is 5.92 Å². The lowest BCUT2D eigenvalue weighted by molar-refractivity contribution is 0.409. The molecule has 0 bridgehead atoms. The van der Waals surface area contributed by atoms with Gasteiger partial charge in [-0.25, -0.2) is 0 Å². The first-order valence-corrected chi connectivity index (χ1v) is 6.87. The van der Waals surface area contributed by atoms with Gasteiger partial charge in [-0.05, 0) is 56.3 Å². The lowest BCUT2D eigenvalue weighted by Gasteiger charge is -2.27. The van der Waals surface area contributed by atoms with E-state index in [0.29, 0.717) is 6.92 Å². The molecule has 0 saturated heterocycles. The molecule has 0 amide bonds. The highest BCUT2D eigenvalue weighted by atomic mass is 16.4. The molecule has 92 valence electrons. The third kappa shape index (κ3) is 3.35. The van der Waals surface area contributed by atoms with E-state index in [1.54, 1.807) is 11.1 Å². The van der Waals surface area contributed by atoms with Gasteiger partial charge in [-0.15, -0.1) is 6.58 Å². The Morgan fingerprint density at radius 3 is 3.00 bits per heavy atom. The molecular weight excluding hydrogens is 207 g/mol. The van der Waals surface area contributed by atoms with Crippen LogP contribution in [0.4, 0.5) is 0 Å². The molecule has 17 heavy (non-hydrogen) atoms. The topological polar surface area (TPSA) is 9.23 Å². The smallest absolute Gasteiger partial charge is 0.319 e. The van der Waals surface area contributed by atoms with E-state index in [9.17, 15) is 0 Å². The fraction of sp³-hybridized carbons (Fsp3) is 0.600. The molecule has 1 aliphatic heterocycles. The van der Waals surface area contributed by atoms with Gasteiger partial charge in [-0.3, -0.25) is 0 Å². The van der Waals surface area contributed by atoms with Gasteiger partial charge in [0.05, 0.1) is 0 Å². The summed E-state index contributed by atoms with van der Waals surface area (Å²) in [5, 5.41) is 0. The quantitative estimate of drug-likeness (QED) is 0.519. The molecule has 1 nitrogen and oxygen atoms in total. The van der Waals surface area contributed by atoms with Gasteiger partial charge in [0.15, 0.2) is 0 Å². The summed E-state index contributed by atoms with van der Waals surface area (Å²) in [6.07, 6.45) is 13.2. The van der Waals surface area contributed by atoms with E-state index >= 15 is 0 Å². The fourth-order valence-electron chi connectivity index (χ4n) is 3.03. The standard InChI is InChI=1S/C15H23BO/c1-3-7-13-10-15(12-16(11-13)17-2)14-8-5-4-6-9-14/h3,8,12-13H,1,4-7,9-11H2,2H3. The highest BCUT2D eigenvalue weighted by Gasteiger charge is 2.26. The predicted molar refractivity (Wildman–Crippen MR) is 75.1 cm³/mol. The number of allylic oxidation sites excluding steroid dienone is 4. The Bertz CT molecular complexity index is 330. The molecule has 1 heterocycles. The average molecular weight is 230 g/mol. The van der Waals surface area contributed by atoms with Crippen molar-refractivity contribution >= 4 is 6.92 Å². The summed E-state index contributed by atoms with van der Waals surface area (Å²) in [7, 11) is 1.82. The zero-order valence-electron chi connectivity index (χ0n) is 11.0. The van der Waals surface area contributed by atoms with Crippen LogP contribution < -0.4 is 0 Å². The third-order valence-corrected chi connectivity index (χ3v) is 3.97. The second kappa shape index (κ2) is 6.25. The van der Waals surface area contributed by atoms with Gasteiger partial charge in [-0.1, -0.05) is 23.7 Å². The van der Waals surface area contributed by atoms with Crippen molar-refractivity contribution in [1.82, 2.24) is 0 Å². The van der Waals surface area contributed by atoms with Crippen molar-refractivity contribution in [2.45, 2.75) is 44.8 Å². The van der Waals surface area contributed by atoms with E-state index in [0.717, 1.165) is 18.7 Å². The summed E-state index contributed by atoms with van der Waals surface area (Å²) < 4.78 is 5.55. The Kier molecular flexibility index (Phi) is 4.67. The summed E-state index contributed by atoms with van der Waals surface area (Å²) in [6.45, 7) is 4.18. The van der Waals surface area contributed by atoms with Gasteiger partial charge >= 0.3 is 6.92 Å². The van der Waals surface area contributed by atoms with Crippen LogP contribution in [0.2, 0.25) is 6.32 Å². The average Bonchev–Trinajstić information content (AvgIpc) is 2.40. The SMILES string of the molecule is C=CCC1CB(OC)C=C(C2=CCCCC2)C1. The van der Waals surface area contributed by atoms with Gasteiger partial charge in [0, 0.05) is 7.11 Å². The maximum Gasteiger partial charge on any atom is 0.319 e. The van der Waals surface area contributed by atoms with Crippen LogP contribution in [0.3, 0.4) is 0 Å². The van der Waals surface area contributed by atoms with Crippen LogP contribution in [0.25, 0.3) is 0 Å². The van der Waals surface area contributed by atoms with Crippen LogP contribution in [-0.4, -0.2) is 14.0 Å². The van der Waals surface area contributed by atoms with E-state index in [1.807, 2.05) is 7.11 Å². The number of hydrogen-bond donors (Lipinski definition) is 0. The molecule has 0 aromatic heterocycles. The van der Waals surface area contributed by atoms with E-state index in [4.69, 9.17) is 4.65 Å². The van der Waals surface area contributed by atoms with Crippen LogP contribution in [0.5, 0.6) is 0 Å². The molecular formula is C15H23BO. The second-order valence-electron chi connectivity index (χ2n) is 5.27. The highest BCUT2D eigenvalue weighted by Crippen LogP contribution is 2.35. The lowest BCUT2D eigenvalue weighted by Crippen LogP contribution is -2.24. The van der Waals surface area contributed by atoms with E-state index in [1.165, 1.54) is 32.1 Å². The predicted octanol–water partition coefficient (Wildman–Crippen LogP) is 4.19. The van der Waals surface area contributed by atoms with Gasteiger partial charge in [0.1, 0.15) is 0 Å². The van der Waals surface area contributed by atoms with Crippen LogP contribution in [0.1, 0.15) is 38.5 Å². The van der Waals surface area contributed by atoms with Crippen LogP contribution in [0.15, 0.2) is 35.9 Å². The van der Waals surface area contributed by atoms with E-state index in [2.05, 4.69) is 24.7 Å². The Morgan fingerprint density at radius 1 is 1.47 bits per heavy atom. The molecule has 0 spiro atoms. The first-order chi connectivity index (χ1) is 8.33. The lowest BCUT2D eigenvalue weighted by atomic mass is 9.54. The summed E-state index contributed by atoms with van der Waals surface area (Å²) in [6, 6.07) is 0. The molecule has 2 heteroatoms. The minimum atomic E-state index is 0.312. The van der Waals surface area contributed by atoms with Crippen molar-refractivity contribution in [3.63, 3.8) is 0 Å². The Labute approximate surface area is 106 Å². The van der Waals surface area contributed by atoms with Gasteiger partial charge in [0.25, 0.3) is 0 Å². The number of rotatable bonds is 4. The summed E-state index contributed by atoms with van der Waals surface area (Å²) in [5.41, 5.74) is 3.14. The molecule has 0 aromatic rings. The van der Waals surface area contributed by atoms with Crippen LogP contribution >= 0.6 is 0 Å². The summed E-state index contributed by atoms with van der Waals surface area (Å²) in [4.78, 5) is 0. The van der Waals surface area contributed by atoms with E-state index in [-0.39, 0.29) is 0 Å². The third-order valence-electron chi connectivity index (χ3n) is 3.97.